The van der Waals surface area contributed by atoms with E-state index in [1.165, 1.54) is 0 Å². The first-order chi connectivity index (χ1) is 12.0. The molecule has 130 valence electrons. The normalized spacial score (nSPS) is 10.8. The molecule has 7 nitrogen and oxygen atoms in total. The maximum atomic E-state index is 12.2. The molecule has 25 heavy (non-hydrogen) atoms. The third kappa shape index (κ3) is 3.93. The van der Waals surface area contributed by atoms with Gasteiger partial charge in [0.2, 0.25) is 5.91 Å². The van der Waals surface area contributed by atoms with Crippen molar-refractivity contribution in [3.63, 3.8) is 0 Å². The van der Waals surface area contributed by atoms with Gasteiger partial charge in [0.1, 0.15) is 5.76 Å². The second kappa shape index (κ2) is 7.29. The number of carbonyl (C=O) groups is 1. The number of carbonyl (C=O) groups excluding carboxylic acids is 1. The van der Waals surface area contributed by atoms with E-state index in [0.717, 1.165) is 33.8 Å². The van der Waals surface area contributed by atoms with Crippen LogP contribution in [0.25, 0.3) is 11.3 Å². The maximum absolute atomic E-state index is 12.2. The number of hydrogen-bond acceptors (Lipinski definition) is 5. The van der Waals surface area contributed by atoms with E-state index in [2.05, 4.69) is 20.6 Å². The summed E-state index contributed by atoms with van der Waals surface area (Å²) >= 11 is 0. The Hall–Kier alpha value is -2.96. The monoisotopic (exact) mass is 339 g/mol. The topological polar surface area (TPSA) is 85.8 Å². The Morgan fingerprint density at radius 1 is 1.36 bits per heavy atom. The van der Waals surface area contributed by atoms with Crippen LogP contribution in [0.3, 0.4) is 0 Å². The summed E-state index contributed by atoms with van der Waals surface area (Å²) in [4.78, 5) is 16.6. The highest BCUT2D eigenvalue weighted by atomic mass is 16.5. The highest BCUT2D eigenvalue weighted by Crippen LogP contribution is 2.20. The van der Waals surface area contributed by atoms with Gasteiger partial charge in [-0.15, -0.1) is 0 Å². The highest BCUT2D eigenvalue weighted by molar-refractivity contribution is 5.76. The van der Waals surface area contributed by atoms with Crippen molar-refractivity contribution < 1.29 is 9.32 Å². The Morgan fingerprint density at radius 2 is 2.20 bits per heavy atom. The minimum absolute atomic E-state index is 0.0130. The van der Waals surface area contributed by atoms with Crippen molar-refractivity contribution in [2.45, 2.75) is 33.2 Å². The van der Waals surface area contributed by atoms with Crippen LogP contribution in [0.15, 0.2) is 35.2 Å². The molecule has 0 spiro atoms. The molecule has 7 heteroatoms. The summed E-state index contributed by atoms with van der Waals surface area (Å²) in [6, 6.07) is 3.83. The first-order valence-electron chi connectivity index (χ1n) is 8.16. The van der Waals surface area contributed by atoms with E-state index in [4.69, 9.17) is 4.52 Å². The van der Waals surface area contributed by atoms with Crippen LogP contribution in [-0.4, -0.2) is 25.8 Å². The van der Waals surface area contributed by atoms with Gasteiger partial charge in [-0.1, -0.05) is 11.2 Å². The van der Waals surface area contributed by atoms with E-state index in [0.29, 0.717) is 19.4 Å². The van der Waals surface area contributed by atoms with Gasteiger partial charge in [0.25, 0.3) is 0 Å². The van der Waals surface area contributed by atoms with Crippen molar-refractivity contribution >= 4 is 5.91 Å². The SMILES string of the molecule is Cc1noc(C)c1CCC(=O)NCc1cccnc1-c1cnn(C)c1. The molecule has 0 aliphatic rings. The van der Waals surface area contributed by atoms with E-state index >= 15 is 0 Å². The second-order valence-corrected chi connectivity index (χ2v) is 5.99. The lowest BCUT2D eigenvalue weighted by Crippen LogP contribution is -2.23. The van der Waals surface area contributed by atoms with Crippen LogP contribution in [0.4, 0.5) is 0 Å². The van der Waals surface area contributed by atoms with Crippen molar-refractivity contribution in [1.82, 2.24) is 25.2 Å². The molecule has 1 amide bonds. The van der Waals surface area contributed by atoms with Crippen molar-refractivity contribution in [3.8, 4) is 11.3 Å². The molecule has 0 aliphatic carbocycles. The molecule has 0 unspecified atom stereocenters. The first-order valence-corrected chi connectivity index (χ1v) is 8.16. The highest BCUT2D eigenvalue weighted by Gasteiger charge is 2.12. The van der Waals surface area contributed by atoms with Gasteiger partial charge in [-0.2, -0.15) is 5.10 Å². The van der Waals surface area contributed by atoms with Crippen molar-refractivity contribution in [3.05, 3.63) is 53.3 Å². The molecule has 3 heterocycles. The summed E-state index contributed by atoms with van der Waals surface area (Å²) < 4.78 is 6.86. The number of rotatable bonds is 6. The van der Waals surface area contributed by atoms with Crippen LogP contribution in [-0.2, 0) is 24.8 Å². The van der Waals surface area contributed by atoms with Crippen LogP contribution in [0.1, 0.15) is 29.0 Å². The summed E-state index contributed by atoms with van der Waals surface area (Å²) in [5.74, 6) is 0.761. The standard InChI is InChI=1S/C18H21N5O2/c1-12-16(13(2)25-22-12)6-7-17(24)20-9-14-5-4-8-19-18(14)15-10-21-23(3)11-15/h4-5,8,10-11H,6-7,9H2,1-3H3,(H,20,24). The number of pyridine rings is 1. The average molecular weight is 339 g/mol. The first kappa shape index (κ1) is 16.9. The van der Waals surface area contributed by atoms with Gasteiger partial charge in [0.15, 0.2) is 0 Å². The smallest absolute Gasteiger partial charge is 0.220 e. The molecule has 0 aliphatic heterocycles. The van der Waals surface area contributed by atoms with Gasteiger partial charge in [-0.3, -0.25) is 14.5 Å². The summed E-state index contributed by atoms with van der Waals surface area (Å²) in [5, 5.41) is 11.1. The molecule has 3 aromatic rings. The molecule has 3 aromatic heterocycles. The molecule has 0 fully saturated rings. The Morgan fingerprint density at radius 3 is 2.88 bits per heavy atom. The molecule has 0 bridgehead atoms. The lowest BCUT2D eigenvalue weighted by atomic mass is 10.1. The molecule has 1 N–H and O–H groups in total. The van der Waals surface area contributed by atoms with Crippen molar-refractivity contribution in [2.75, 3.05) is 0 Å². The van der Waals surface area contributed by atoms with E-state index < -0.39 is 0 Å². The predicted octanol–water partition coefficient (Wildman–Crippen LogP) is 2.34. The van der Waals surface area contributed by atoms with E-state index in [9.17, 15) is 4.79 Å². The van der Waals surface area contributed by atoms with E-state index in [-0.39, 0.29) is 5.91 Å². The zero-order valence-corrected chi connectivity index (χ0v) is 14.6. The third-order valence-corrected chi connectivity index (χ3v) is 4.13. The Balaban J connectivity index is 1.61. The molecule has 3 rings (SSSR count). The molecule has 0 atom stereocenters. The van der Waals surface area contributed by atoms with Gasteiger partial charge in [-0.05, 0) is 31.9 Å². The van der Waals surface area contributed by atoms with Gasteiger partial charge in [0, 0.05) is 43.5 Å². The molecular weight excluding hydrogens is 318 g/mol. The third-order valence-electron chi connectivity index (χ3n) is 4.13. The van der Waals surface area contributed by atoms with Crippen molar-refractivity contribution in [1.29, 1.82) is 0 Å². The molecular formula is C18H21N5O2. The quantitative estimate of drug-likeness (QED) is 0.745. The Labute approximate surface area is 146 Å². The Bertz CT molecular complexity index is 862. The van der Waals surface area contributed by atoms with Crippen LogP contribution in [0.5, 0.6) is 0 Å². The number of aromatic nitrogens is 4. The van der Waals surface area contributed by atoms with E-state index in [1.807, 2.05) is 39.2 Å². The summed E-state index contributed by atoms with van der Waals surface area (Å²) in [7, 11) is 1.86. The van der Waals surface area contributed by atoms with Crippen molar-refractivity contribution in [2.24, 2.45) is 7.05 Å². The fraction of sp³-hybridized carbons (Fsp3) is 0.333. The summed E-state index contributed by atoms with van der Waals surface area (Å²) in [6.07, 6.45) is 6.43. The summed E-state index contributed by atoms with van der Waals surface area (Å²) in [6.45, 7) is 4.18. The molecule has 0 radical (unpaired) electrons. The predicted molar refractivity (Wildman–Crippen MR) is 92.6 cm³/mol. The Kier molecular flexibility index (Phi) is 4.92. The minimum atomic E-state index is -0.0130. The van der Waals surface area contributed by atoms with Crippen LogP contribution in [0, 0.1) is 13.8 Å². The number of aryl methyl sites for hydroxylation is 3. The van der Waals surface area contributed by atoms with Gasteiger partial charge < -0.3 is 9.84 Å². The number of hydrogen-bond donors (Lipinski definition) is 1. The van der Waals surface area contributed by atoms with E-state index in [1.54, 1.807) is 17.1 Å². The van der Waals surface area contributed by atoms with Crippen LogP contribution < -0.4 is 5.32 Å². The van der Waals surface area contributed by atoms with Crippen LogP contribution in [0.2, 0.25) is 0 Å². The average Bonchev–Trinajstić information content (AvgIpc) is 3.17. The van der Waals surface area contributed by atoms with Crippen LogP contribution >= 0.6 is 0 Å². The zero-order valence-electron chi connectivity index (χ0n) is 14.6. The fourth-order valence-electron chi connectivity index (χ4n) is 2.76. The minimum Gasteiger partial charge on any atom is -0.361 e. The maximum Gasteiger partial charge on any atom is 0.220 e. The van der Waals surface area contributed by atoms with Gasteiger partial charge in [0.05, 0.1) is 17.6 Å². The number of nitrogens with zero attached hydrogens (tertiary/aromatic N) is 4. The number of amides is 1. The second-order valence-electron chi connectivity index (χ2n) is 5.99. The molecule has 0 saturated carbocycles. The fourth-order valence-corrected chi connectivity index (χ4v) is 2.76. The molecule has 0 aromatic carbocycles. The largest absolute Gasteiger partial charge is 0.361 e. The summed E-state index contributed by atoms with van der Waals surface area (Å²) in [5.41, 5.74) is 4.58. The lowest BCUT2D eigenvalue weighted by Gasteiger charge is -2.09. The number of nitrogens with one attached hydrogen (secondary N) is 1. The van der Waals surface area contributed by atoms with Gasteiger partial charge >= 0.3 is 0 Å². The molecule has 0 saturated heterocycles. The van der Waals surface area contributed by atoms with Gasteiger partial charge in [-0.25, -0.2) is 0 Å². The lowest BCUT2D eigenvalue weighted by molar-refractivity contribution is -0.121. The zero-order chi connectivity index (χ0) is 17.8.